The average molecular weight is 388 g/mol. The van der Waals surface area contributed by atoms with Gasteiger partial charge in [0.15, 0.2) is 9.84 Å². The lowest BCUT2D eigenvalue weighted by Gasteiger charge is -2.01. The maximum Gasteiger partial charge on any atom is 0.197 e. The van der Waals surface area contributed by atoms with E-state index in [4.69, 9.17) is 0 Å². The lowest BCUT2D eigenvalue weighted by Crippen LogP contribution is -2.05. The number of pyridine rings is 1. The van der Waals surface area contributed by atoms with Gasteiger partial charge in [0.2, 0.25) is 0 Å². The third-order valence-corrected chi connectivity index (χ3v) is 6.37. The molecular formula is C21H16N4O2S. The number of sulfone groups is 1. The lowest BCUT2D eigenvalue weighted by molar-refractivity contribution is 0.592. The van der Waals surface area contributed by atoms with Crippen molar-refractivity contribution in [1.82, 2.24) is 20.2 Å². The molecule has 0 saturated heterocycles. The van der Waals surface area contributed by atoms with Crippen molar-refractivity contribution in [3.63, 3.8) is 0 Å². The number of aromatic nitrogens is 4. The van der Waals surface area contributed by atoms with Crippen molar-refractivity contribution in [2.24, 2.45) is 0 Å². The van der Waals surface area contributed by atoms with Crippen LogP contribution >= 0.6 is 0 Å². The minimum Gasteiger partial charge on any atom is -0.346 e. The van der Waals surface area contributed by atoms with Gasteiger partial charge < -0.3 is 4.98 Å². The Morgan fingerprint density at radius 2 is 1.68 bits per heavy atom. The van der Waals surface area contributed by atoms with Gasteiger partial charge in [0.1, 0.15) is 10.7 Å². The topological polar surface area (TPSA) is 91.5 Å². The quantitative estimate of drug-likeness (QED) is 0.485. The van der Waals surface area contributed by atoms with Crippen LogP contribution in [0.1, 0.15) is 5.56 Å². The van der Waals surface area contributed by atoms with Crippen LogP contribution in [0.5, 0.6) is 0 Å². The number of fused-ring (bicyclic) bond motifs is 2. The Kier molecular flexibility index (Phi) is 3.77. The number of rotatable bonds is 4. The number of nitrogens with one attached hydrogen (secondary N) is 2. The first-order valence-electron chi connectivity index (χ1n) is 8.78. The highest BCUT2D eigenvalue weighted by Crippen LogP contribution is 2.31. The predicted molar refractivity (Wildman–Crippen MR) is 109 cm³/mol. The molecule has 0 aliphatic heterocycles. The molecule has 0 bridgehead atoms. The predicted octanol–water partition coefficient (Wildman–Crippen LogP) is 4.08. The second kappa shape index (κ2) is 6.31. The largest absolute Gasteiger partial charge is 0.346 e. The molecule has 28 heavy (non-hydrogen) atoms. The third-order valence-electron chi connectivity index (χ3n) is 4.77. The van der Waals surface area contributed by atoms with Crippen molar-refractivity contribution in [3.8, 4) is 11.3 Å². The fourth-order valence-electron chi connectivity index (χ4n) is 3.39. The van der Waals surface area contributed by atoms with Gasteiger partial charge in [0.25, 0.3) is 0 Å². The molecule has 6 nitrogen and oxygen atoms in total. The summed E-state index contributed by atoms with van der Waals surface area (Å²) >= 11 is 0. The Balaban J connectivity index is 1.60. The molecule has 0 fully saturated rings. The molecule has 138 valence electrons. The summed E-state index contributed by atoms with van der Waals surface area (Å²) in [6, 6.07) is 18.5. The van der Waals surface area contributed by atoms with Crippen molar-refractivity contribution in [3.05, 3.63) is 78.6 Å². The summed E-state index contributed by atoms with van der Waals surface area (Å²) in [7, 11) is -3.47. The second-order valence-electron chi connectivity index (χ2n) is 6.67. The molecule has 0 aliphatic carbocycles. The molecule has 3 aromatic heterocycles. The van der Waals surface area contributed by atoms with Crippen LogP contribution in [0.4, 0.5) is 0 Å². The van der Waals surface area contributed by atoms with Gasteiger partial charge in [-0.05, 0) is 35.9 Å². The van der Waals surface area contributed by atoms with Gasteiger partial charge in [0, 0.05) is 34.2 Å². The van der Waals surface area contributed by atoms with Gasteiger partial charge in [-0.15, -0.1) is 0 Å². The zero-order valence-electron chi connectivity index (χ0n) is 14.8. The van der Waals surface area contributed by atoms with E-state index in [0.29, 0.717) is 0 Å². The zero-order valence-corrected chi connectivity index (χ0v) is 15.6. The highest BCUT2D eigenvalue weighted by atomic mass is 32.2. The monoisotopic (exact) mass is 388 g/mol. The van der Waals surface area contributed by atoms with Gasteiger partial charge >= 0.3 is 0 Å². The number of hydrogen-bond donors (Lipinski definition) is 2. The zero-order chi connectivity index (χ0) is 19.1. The summed E-state index contributed by atoms with van der Waals surface area (Å²) in [5.74, 6) is -0.0393. The fourth-order valence-corrected chi connectivity index (χ4v) is 4.75. The highest BCUT2D eigenvalue weighted by Gasteiger charge is 2.19. The van der Waals surface area contributed by atoms with Gasteiger partial charge in [-0.2, -0.15) is 5.10 Å². The minimum absolute atomic E-state index is 0.0393. The molecular weight excluding hydrogens is 372 g/mol. The Morgan fingerprint density at radius 1 is 0.893 bits per heavy atom. The summed E-state index contributed by atoms with van der Waals surface area (Å²) < 4.78 is 25.7. The van der Waals surface area contributed by atoms with Crippen molar-refractivity contribution < 1.29 is 8.42 Å². The van der Waals surface area contributed by atoms with Gasteiger partial charge in [-0.3, -0.25) is 10.1 Å². The van der Waals surface area contributed by atoms with Crippen molar-refractivity contribution in [2.45, 2.75) is 10.8 Å². The standard InChI is InChI=1S/C21H16N4O2S/c26-28(27,13-14-4-2-1-3-5-14)20-11-16-10-17-19(12-18(16)23-20)24-25-21(17)15-6-8-22-9-7-15/h1-12,23H,13H2,(H,24,25). The minimum atomic E-state index is -3.47. The maximum absolute atomic E-state index is 12.8. The number of H-pyrrole nitrogens is 2. The Labute approximate surface area is 161 Å². The first-order valence-corrected chi connectivity index (χ1v) is 10.4. The molecule has 2 aromatic carbocycles. The highest BCUT2D eigenvalue weighted by molar-refractivity contribution is 7.90. The van der Waals surface area contributed by atoms with Crippen LogP contribution in [0.25, 0.3) is 33.1 Å². The van der Waals surface area contributed by atoms with Gasteiger partial charge in [-0.1, -0.05) is 30.3 Å². The van der Waals surface area contributed by atoms with Crippen LogP contribution in [-0.2, 0) is 15.6 Å². The van der Waals surface area contributed by atoms with E-state index in [2.05, 4.69) is 20.2 Å². The molecule has 5 rings (SSSR count). The molecule has 0 unspecified atom stereocenters. The average Bonchev–Trinajstić information content (AvgIpc) is 3.31. The SMILES string of the molecule is O=S(=O)(Cc1ccccc1)c1cc2cc3c(-c4ccncc4)n[nH]c3cc2[nH]1. The van der Waals surface area contributed by atoms with Crippen LogP contribution < -0.4 is 0 Å². The van der Waals surface area contributed by atoms with Gasteiger partial charge in [0.05, 0.1) is 11.3 Å². The van der Waals surface area contributed by atoms with Crippen LogP contribution in [0.3, 0.4) is 0 Å². The first-order chi connectivity index (χ1) is 13.6. The summed E-state index contributed by atoms with van der Waals surface area (Å²) in [5.41, 5.74) is 4.12. The van der Waals surface area contributed by atoms with E-state index in [1.54, 1.807) is 18.5 Å². The molecule has 5 aromatic rings. The number of aromatic amines is 2. The molecule has 0 saturated carbocycles. The van der Waals surface area contributed by atoms with Crippen molar-refractivity contribution in [2.75, 3.05) is 0 Å². The normalized spacial score (nSPS) is 12.0. The number of nitrogens with zero attached hydrogens (tertiary/aromatic N) is 2. The van der Waals surface area contributed by atoms with E-state index in [9.17, 15) is 8.42 Å². The van der Waals surface area contributed by atoms with Crippen LogP contribution in [-0.4, -0.2) is 28.6 Å². The molecule has 0 spiro atoms. The molecule has 0 amide bonds. The summed E-state index contributed by atoms with van der Waals surface area (Å²) in [4.78, 5) is 7.09. The fraction of sp³-hybridized carbons (Fsp3) is 0.0476. The molecule has 0 aliphatic rings. The van der Waals surface area contributed by atoms with E-state index >= 15 is 0 Å². The Bertz CT molecular complexity index is 1390. The summed E-state index contributed by atoms with van der Waals surface area (Å²) in [6.45, 7) is 0. The molecule has 3 heterocycles. The van der Waals surface area contributed by atoms with E-state index in [-0.39, 0.29) is 10.8 Å². The first kappa shape index (κ1) is 16.7. The van der Waals surface area contributed by atoms with E-state index in [1.165, 1.54) is 0 Å². The summed E-state index contributed by atoms with van der Waals surface area (Å²) in [5, 5.41) is 9.42. The Hall–Kier alpha value is -3.45. The molecule has 2 N–H and O–H groups in total. The van der Waals surface area contributed by atoms with Crippen molar-refractivity contribution >= 4 is 31.6 Å². The molecule has 0 atom stereocenters. The third kappa shape index (κ3) is 2.86. The van der Waals surface area contributed by atoms with Crippen molar-refractivity contribution in [1.29, 1.82) is 0 Å². The second-order valence-corrected chi connectivity index (χ2v) is 8.63. The Morgan fingerprint density at radius 3 is 2.46 bits per heavy atom. The number of benzene rings is 2. The van der Waals surface area contributed by atoms with E-state index < -0.39 is 9.84 Å². The smallest absolute Gasteiger partial charge is 0.197 e. The maximum atomic E-state index is 12.8. The van der Waals surface area contributed by atoms with Crippen LogP contribution in [0, 0.1) is 0 Å². The summed E-state index contributed by atoms with van der Waals surface area (Å²) in [6.07, 6.45) is 3.44. The lowest BCUT2D eigenvalue weighted by atomic mass is 10.1. The van der Waals surface area contributed by atoms with Gasteiger partial charge in [-0.25, -0.2) is 8.42 Å². The molecule has 7 heteroatoms. The van der Waals surface area contributed by atoms with Crippen LogP contribution in [0.15, 0.2) is 78.1 Å². The van der Waals surface area contributed by atoms with Crippen LogP contribution in [0.2, 0.25) is 0 Å². The van der Waals surface area contributed by atoms with E-state index in [0.717, 1.165) is 38.6 Å². The number of hydrogen-bond acceptors (Lipinski definition) is 4. The molecule has 0 radical (unpaired) electrons. The van der Waals surface area contributed by atoms with E-state index in [1.807, 2.05) is 54.6 Å².